The molecule has 0 fully saturated rings. The summed E-state index contributed by atoms with van der Waals surface area (Å²) in [6.45, 7) is 4.46. The van der Waals surface area contributed by atoms with Crippen molar-refractivity contribution >= 4 is 33.2 Å². The fourth-order valence-electron chi connectivity index (χ4n) is 1.55. The molecule has 0 saturated heterocycles. The molecule has 1 amide bonds. The Balaban J connectivity index is 2.03. The summed E-state index contributed by atoms with van der Waals surface area (Å²) >= 11 is 5.00. The first-order valence-electron chi connectivity index (χ1n) is 5.52. The van der Waals surface area contributed by atoms with Gasteiger partial charge in [0.2, 0.25) is 0 Å². The molecule has 0 unspecified atom stereocenters. The number of rotatable bonds is 3. The number of hydrogen-bond donors (Lipinski definition) is 1. The molecule has 0 aliphatic rings. The Morgan fingerprint density at radius 3 is 2.83 bits per heavy atom. The van der Waals surface area contributed by atoms with Gasteiger partial charge in [0.25, 0.3) is 5.91 Å². The van der Waals surface area contributed by atoms with E-state index in [1.165, 1.54) is 0 Å². The summed E-state index contributed by atoms with van der Waals surface area (Å²) in [5.41, 5.74) is 1.78. The Bertz CT molecular complexity index is 580. The predicted molar refractivity (Wildman–Crippen MR) is 76.9 cm³/mol. The van der Waals surface area contributed by atoms with Crippen LogP contribution in [0.15, 0.2) is 28.9 Å². The maximum absolute atomic E-state index is 12.0. The van der Waals surface area contributed by atoms with Crippen LogP contribution in [0.1, 0.15) is 25.8 Å². The van der Waals surface area contributed by atoms with Gasteiger partial charge in [0.15, 0.2) is 0 Å². The normalized spacial score (nSPS) is 10.4. The van der Waals surface area contributed by atoms with Gasteiger partial charge >= 0.3 is 0 Å². The minimum Gasteiger partial charge on any atom is -0.347 e. The van der Waals surface area contributed by atoms with E-state index in [-0.39, 0.29) is 5.91 Å². The molecule has 0 aliphatic heterocycles. The lowest BCUT2D eigenvalue weighted by Gasteiger charge is -2.06. The third kappa shape index (κ3) is 3.17. The maximum Gasteiger partial charge on any atom is 0.252 e. The van der Waals surface area contributed by atoms with Crippen LogP contribution in [0.2, 0.25) is 0 Å². The topological polar surface area (TPSA) is 42.0 Å². The van der Waals surface area contributed by atoms with Gasteiger partial charge in [-0.1, -0.05) is 6.07 Å². The van der Waals surface area contributed by atoms with E-state index in [0.29, 0.717) is 12.1 Å². The van der Waals surface area contributed by atoms with Gasteiger partial charge in [0.05, 0.1) is 17.1 Å². The molecule has 0 aliphatic carbocycles. The van der Waals surface area contributed by atoms with E-state index in [4.69, 9.17) is 0 Å². The number of thiazole rings is 1. The lowest BCUT2D eigenvalue weighted by atomic mass is 10.1. The molecule has 0 spiro atoms. The molecule has 0 saturated carbocycles. The van der Waals surface area contributed by atoms with Crippen molar-refractivity contribution in [3.63, 3.8) is 0 Å². The Hall–Kier alpha value is -1.20. The highest BCUT2D eigenvalue weighted by Crippen LogP contribution is 2.18. The van der Waals surface area contributed by atoms with Crippen molar-refractivity contribution in [3.05, 3.63) is 49.9 Å². The first-order chi connectivity index (χ1) is 8.56. The Labute approximate surface area is 118 Å². The number of aryl methyl sites for hydroxylation is 2. The number of aromatic nitrogens is 1. The van der Waals surface area contributed by atoms with Gasteiger partial charge in [-0.05, 0) is 47.5 Å². The quantitative estimate of drug-likeness (QED) is 0.939. The second kappa shape index (κ2) is 5.63. The molecule has 18 heavy (non-hydrogen) atoms. The average Bonchev–Trinajstić information content (AvgIpc) is 2.72. The number of hydrogen-bond acceptors (Lipinski definition) is 3. The van der Waals surface area contributed by atoms with Crippen LogP contribution in [0, 0.1) is 13.8 Å². The third-order valence-corrected chi connectivity index (χ3v) is 4.03. The largest absolute Gasteiger partial charge is 0.347 e. The van der Waals surface area contributed by atoms with Crippen LogP contribution in [0.4, 0.5) is 0 Å². The zero-order valence-electron chi connectivity index (χ0n) is 10.2. The molecular formula is C13H13BrN2OS. The van der Waals surface area contributed by atoms with Crippen LogP contribution in [0.5, 0.6) is 0 Å². The van der Waals surface area contributed by atoms with Gasteiger partial charge in [-0.25, -0.2) is 4.98 Å². The number of nitrogens with one attached hydrogen (secondary N) is 1. The molecule has 94 valence electrons. The summed E-state index contributed by atoms with van der Waals surface area (Å²) in [6, 6.07) is 5.69. The minimum absolute atomic E-state index is 0.0760. The third-order valence-electron chi connectivity index (χ3n) is 2.46. The maximum atomic E-state index is 12.0. The molecule has 1 aromatic heterocycles. The van der Waals surface area contributed by atoms with Crippen LogP contribution < -0.4 is 5.32 Å². The Morgan fingerprint density at radius 1 is 1.44 bits per heavy atom. The molecule has 1 aromatic carbocycles. The van der Waals surface area contributed by atoms with Crippen molar-refractivity contribution in [2.24, 2.45) is 0 Å². The molecule has 0 atom stereocenters. The van der Waals surface area contributed by atoms with E-state index in [0.717, 1.165) is 19.9 Å². The van der Waals surface area contributed by atoms with Gasteiger partial charge in [0.1, 0.15) is 0 Å². The van der Waals surface area contributed by atoms with Crippen LogP contribution >= 0.6 is 27.3 Å². The van der Waals surface area contributed by atoms with Crippen molar-refractivity contribution in [2.45, 2.75) is 20.4 Å². The molecule has 2 rings (SSSR count). The van der Waals surface area contributed by atoms with E-state index in [9.17, 15) is 4.79 Å². The highest BCUT2D eigenvalue weighted by atomic mass is 79.9. The average molecular weight is 325 g/mol. The minimum atomic E-state index is -0.0760. The van der Waals surface area contributed by atoms with Crippen LogP contribution in [-0.2, 0) is 6.54 Å². The molecule has 3 nitrogen and oxygen atoms in total. The smallest absolute Gasteiger partial charge is 0.252 e. The van der Waals surface area contributed by atoms with E-state index in [2.05, 4.69) is 26.2 Å². The molecule has 0 bridgehead atoms. The Morgan fingerprint density at radius 2 is 2.22 bits per heavy atom. The number of nitrogens with zero attached hydrogens (tertiary/aromatic N) is 1. The molecule has 2 aromatic rings. The molecule has 0 radical (unpaired) electrons. The standard InChI is InChI=1S/C13H13BrN2OS/c1-8-3-4-11(12(14)5-8)13(17)16-7-10-6-15-9(2)18-10/h3-6H,7H2,1-2H3,(H,16,17). The summed E-state index contributed by atoms with van der Waals surface area (Å²) in [7, 11) is 0. The molecule has 5 heteroatoms. The van der Waals surface area contributed by atoms with Crippen molar-refractivity contribution in [1.29, 1.82) is 0 Å². The number of amides is 1. The zero-order chi connectivity index (χ0) is 13.1. The summed E-state index contributed by atoms with van der Waals surface area (Å²) in [6.07, 6.45) is 1.80. The Kier molecular flexibility index (Phi) is 4.14. The van der Waals surface area contributed by atoms with Gasteiger partial charge in [-0.2, -0.15) is 0 Å². The predicted octanol–water partition coefficient (Wildman–Crippen LogP) is 3.45. The van der Waals surface area contributed by atoms with E-state index in [1.54, 1.807) is 17.5 Å². The number of carbonyl (C=O) groups excluding carboxylic acids is 1. The first-order valence-corrected chi connectivity index (χ1v) is 7.13. The molecule has 1 N–H and O–H groups in total. The number of carbonyl (C=O) groups is 1. The van der Waals surface area contributed by atoms with E-state index < -0.39 is 0 Å². The van der Waals surface area contributed by atoms with E-state index >= 15 is 0 Å². The zero-order valence-corrected chi connectivity index (χ0v) is 12.6. The monoisotopic (exact) mass is 324 g/mol. The summed E-state index contributed by atoms with van der Waals surface area (Å²) in [5.74, 6) is -0.0760. The van der Waals surface area contributed by atoms with Gasteiger partial charge in [-0.3, -0.25) is 4.79 Å². The van der Waals surface area contributed by atoms with Crippen LogP contribution in [-0.4, -0.2) is 10.9 Å². The van der Waals surface area contributed by atoms with E-state index in [1.807, 2.05) is 32.0 Å². The lowest BCUT2D eigenvalue weighted by molar-refractivity contribution is 0.0950. The van der Waals surface area contributed by atoms with Gasteiger partial charge < -0.3 is 5.32 Å². The second-order valence-corrected chi connectivity index (χ2v) is 6.19. The molecule has 1 heterocycles. The fourth-order valence-corrected chi connectivity index (χ4v) is 2.96. The SMILES string of the molecule is Cc1ccc(C(=O)NCc2cnc(C)s2)c(Br)c1. The van der Waals surface area contributed by atoms with Crippen molar-refractivity contribution in [3.8, 4) is 0 Å². The first kappa shape index (κ1) is 13.2. The fraction of sp³-hybridized carbons (Fsp3) is 0.231. The van der Waals surface area contributed by atoms with Crippen molar-refractivity contribution in [1.82, 2.24) is 10.3 Å². The van der Waals surface area contributed by atoms with Crippen molar-refractivity contribution < 1.29 is 4.79 Å². The summed E-state index contributed by atoms with van der Waals surface area (Å²) in [5, 5.41) is 3.90. The number of halogens is 1. The highest BCUT2D eigenvalue weighted by molar-refractivity contribution is 9.10. The van der Waals surface area contributed by atoms with Crippen LogP contribution in [0.25, 0.3) is 0 Å². The van der Waals surface area contributed by atoms with Crippen LogP contribution in [0.3, 0.4) is 0 Å². The summed E-state index contributed by atoms with van der Waals surface area (Å²) < 4.78 is 0.820. The molecular weight excluding hydrogens is 312 g/mol. The van der Waals surface area contributed by atoms with Gasteiger partial charge in [-0.15, -0.1) is 11.3 Å². The highest BCUT2D eigenvalue weighted by Gasteiger charge is 2.10. The van der Waals surface area contributed by atoms with Gasteiger partial charge in [0, 0.05) is 15.5 Å². The second-order valence-electron chi connectivity index (χ2n) is 4.01. The van der Waals surface area contributed by atoms with Crippen molar-refractivity contribution in [2.75, 3.05) is 0 Å². The lowest BCUT2D eigenvalue weighted by Crippen LogP contribution is -2.22. The number of benzene rings is 1. The summed E-state index contributed by atoms with van der Waals surface area (Å²) in [4.78, 5) is 17.2.